The summed E-state index contributed by atoms with van der Waals surface area (Å²) in [6.45, 7) is 3.90. The van der Waals surface area contributed by atoms with Gasteiger partial charge in [-0.3, -0.25) is 0 Å². The maximum atomic E-state index is 13.8. The second kappa shape index (κ2) is 10.2. The number of aliphatic imine (C=N–C) groups is 1. The zero-order chi connectivity index (χ0) is 29.6. The number of ether oxygens (including phenoxy) is 3. The summed E-state index contributed by atoms with van der Waals surface area (Å²) in [6.07, 6.45) is 0. The molecule has 3 N–H and O–H groups in total. The number of benzene rings is 4. The van der Waals surface area contributed by atoms with Gasteiger partial charge in [-0.25, -0.2) is 9.79 Å². The van der Waals surface area contributed by atoms with Crippen LogP contribution in [0.2, 0.25) is 0 Å². The van der Waals surface area contributed by atoms with Crippen LogP contribution in [0.4, 0.5) is 0 Å². The second-order valence-corrected chi connectivity index (χ2v) is 10.7. The number of hydrogen-bond donors (Lipinski definition) is 2. The molecule has 7 nitrogen and oxygen atoms in total. The average Bonchev–Trinajstić information content (AvgIpc) is 3.39. The first-order valence-corrected chi connectivity index (χ1v) is 13.7. The molecule has 0 fully saturated rings. The van der Waals surface area contributed by atoms with Crippen molar-refractivity contribution in [2.75, 3.05) is 14.2 Å². The fourth-order valence-electron chi connectivity index (χ4n) is 6.58. The molecule has 6 rings (SSSR count). The van der Waals surface area contributed by atoms with Crippen LogP contribution in [0.15, 0.2) is 113 Å². The van der Waals surface area contributed by atoms with Crippen LogP contribution in [0, 0.1) is 13.8 Å². The van der Waals surface area contributed by atoms with Crippen molar-refractivity contribution in [2.45, 2.75) is 31.0 Å². The third-order valence-corrected chi connectivity index (χ3v) is 8.27. The molecule has 4 aromatic carbocycles. The highest BCUT2D eigenvalue weighted by Crippen LogP contribution is 2.69. The van der Waals surface area contributed by atoms with Gasteiger partial charge in [0.1, 0.15) is 17.3 Å². The minimum atomic E-state index is -1.93. The van der Waals surface area contributed by atoms with Gasteiger partial charge in [0.15, 0.2) is 11.2 Å². The van der Waals surface area contributed by atoms with Crippen LogP contribution in [0.5, 0.6) is 11.5 Å². The predicted molar refractivity (Wildman–Crippen MR) is 161 cm³/mol. The van der Waals surface area contributed by atoms with E-state index in [-0.39, 0.29) is 17.1 Å². The molecule has 0 saturated heterocycles. The third-order valence-electron chi connectivity index (χ3n) is 8.27. The number of hydrogen-bond acceptors (Lipinski definition) is 6. The molecule has 1 aliphatic heterocycles. The van der Waals surface area contributed by atoms with Gasteiger partial charge in [0.25, 0.3) is 0 Å². The minimum absolute atomic E-state index is 0.0890. The summed E-state index contributed by atoms with van der Waals surface area (Å²) in [5, 5.41) is 13.4. The first-order valence-electron chi connectivity index (χ1n) is 13.7. The van der Waals surface area contributed by atoms with E-state index in [0.717, 1.165) is 16.7 Å². The molecule has 0 bridgehead atoms. The molecule has 2 aliphatic rings. The van der Waals surface area contributed by atoms with Crippen molar-refractivity contribution in [3.05, 3.63) is 142 Å². The quantitative estimate of drug-likeness (QED) is 0.186. The predicted octanol–water partition coefficient (Wildman–Crippen LogP) is 5.42. The number of nitrogens with two attached hydrogens (primary N) is 1. The summed E-state index contributed by atoms with van der Waals surface area (Å²) < 4.78 is 17.8. The Labute approximate surface area is 244 Å². The highest BCUT2D eigenvalue weighted by Gasteiger charge is 2.74. The average molecular weight is 561 g/mol. The summed E-state index contributed by atoms with van der Waals surface area (Å²) >= 11 is 0. The van der Waals surface area contributed by atoms with Crippen LogP contribution in [0.1, 0.15) is 39.3 Å². The van der Waals surface area contributed by atoms with Crippen molar-refractivity contribution in [1.82, 2.24) is 0 Å². The number of carbonyl (C=O) groups is 1. The normalized spacial score (nSPS) is 22.8. The van der Waals surface area contributed by atoms with Gasteiger partial charge in [-0.05, 0) is 48.7 Å². The Morgan fingerprint density at radius 3 is 2.19 bits per heavy atom. The Morgan fingerprint density at radius 2 is 1.57 bits per heavy atom. The largest absolute Gasteiger partial charge is 0.497 e. The lowest BCUT2D eigenvalue weighted by Crippen LogP contribution is -2.50. The second-order valence-electron chi connectivity index (χ2n) is 10.7. The summed E-state index contributed by atoms with van der Waals surface area (Å²) in [6, 6.07) is 30.0. The van der Waals surface area contributed by atoms with Crippen LogP contribution < -0.4 is 15.2 Å². The molecule has 3 atom stereocenters. The number of amidine groups is 1. The summed E-state index contributed by atoms with van der Waals surface area (Å²) in [5.74, 6) is -0.145. The first-order chi connectivity index (χ1) is 20.3. The lowest BCUT2D eigenvalue weighted by Gasteiger charge is -2.41. The number of nitrogens with zero attached hydrogens (tertiary/aromatic N) is 1. The van der Waals surface area contributed by atoms with E-state index < -0.39 is 23.1 Å². The van der Waals surface area contributed by atoms with E-state index in [9.17, 15) is 9.90 Å². The maximum Gasteiger partial charge on any atom is 0.336 e. The number of methoxy groups -OCH3 is 2. The van der Waals surface area contributed by atoms with Crippen molar-refractivity contribution in [3.8, 4) is 11.5 Å². The SMILES string of the molecule is COC(=O)C1=C(N=C(N)c2ccccc2)[C@@]2(O)c3c(C)cc(C)cc3O[C@@]2(c2ccc(OC)cc2)[C@@H]1c1ccccc1. The zero-order valence-electron chi connectivity index (χ0n) is 23.9. The van der Waals surface area contributed by atoms with E-state index in [1.807, 2.05) is 111 Å². The third kappa shape index (κ3) is 3.84. The number of esters is 1. The molecule has 212 valence electrons. The van der Waals surface area contributed by atoms with Gasteiger partial charge in [-0.15, -0.1) is 0 Å². The molecule has 0 spiro atoms. The molecule has 0 radical (unpaired) electrons. The zero-order valence-corrected chi connectivity index (χ0v) is 23.9. The van der Waals surface area contributed by atoms with Gasteiger partial charge in [0.2, 0.25) is 0 Å². The Kier molecular flexibility index (Phi) is 6.62. The van der Waals surface area contributed by atoms with Crippen LogP contribution in [0.3, 0.4) is 0 Å². The van der Waals surface area contributed by atoms with E-state index in [0.29, 0.717) is 28.2 Å². The lowest BCUT2D eigenvalue weighted by molar-refractivity contribution is -0.137. The standard InChI is InChI=1S/C35H32N2O5/c1-21-19-22(2)29-27(20-21)42-35(25-15-17-26(40-3)18-16-25)30(23-11-7-5-8-12-23)28(33(38)41-4)31(34(29,35)39)37-32(36)24-13-9-6-10-14-24/h5-20,30,39H,1-4H3,(H2,36,37)/t30-,34+,35+/m1/s1. The van der Waals surface area contributed by atoms with Crippen molar-refractivity contribution in [3.63, 3.8) is 0 Å². The van der Waals surface area contributed by atoms with Gasteiger partial charge < -0.3 is 25.1 Å². The van der Waals surface area contributed by atoms with Crippen LogP contribution in [-0.2, 0) is 20.7 Å². The van der Waals surface area contributed by atoms with Gasteiger partial charge in [0.05, 0.1) is 31.4 Å². The Bertz CT molecular complexity index is 1730. The molecule has 1 aliphatic carbocycles. The Hall–Kier alpha value is -4.88. The van der Waals surface area contributed by atoms with Crippen molar-refractivity contribution < 1.29 is 24.1 Å². The monoisotopic (exact) mass is 560 g/mol. The van der Waals surface area contributed by atoms with E-state index in [4.69, 9.17) is 24.9 Å². The van der Waals surface area contributed by atoms with E-state index in [1.165, 1.54) is 7.11 Å². The molecule has 42 heavy (non-hydrogen) atoms. The van der Waals surface area contributed by atoms with Gasteiger partial charge >= 0.3 is 5.97 Å². The molecule has 0 aromatic heterocycles. The van der Waals surface area contributed by atoms with Gasteiger partial charge in [-0.2, -0.15) is 0 Å². The smallest absolute Gasteiger partial charge is 0.336 e. The molecular formula is C35H32N2O5. The molecule has 0 saturated carbocycles. The molecule has 4 aromatic rings. The van der Waals surface area contributed by atoms with Gasteiger partial charge in [-0.1, -0.05) is 78.9 Å². The molecule has 0 amide bonds. The minimum Gasteiger partial charge on any atom is -0.497 e. The fraction of sp³-hybridized carbons (Fsp3) is 0.200. The van der Waals surface area contributed by atoms with Crippen LogP contribution >= 0.6 is 0 Å². The number of fused-ring (bicyclic) bond motifs is 3. The number of rotatable bonds is 6. The number of aliphatic hydroxyl groups is 1. The fourth-order valence-corrected chi connectivity index (χ4v) is 6.58. The van der Waals surface area contributed by atoms with Crippen LogP contribution in [-0.4, -0.2) is 31.1 Å². The number of aryl methyl sites for hydroxylation is 2. The lowest BCUT2D eigenvalue weighted by atomic mass is 9.68. The Balaban J connectivity index is 1.77. The summed E-state index contributed by atoms with van der Waals surface area (Å²) in [4.78, 5) is 18.7. The molecule has 1 heterocycles. The molecular weight excluding hydrogens is 528 g/mol. The van der Waals surface area contributed by atoms with Crippen molar-refractivity contribution in [2.24, 2.45) is 10.7 Å². The van der Waals surface area contributed by atoms with Gasteiger partial charge in [0, 0.05) is 16.7 Å². The Morgan fingerprint density at radius 1 is 0.929 bits per heavy atom. The summed E-state index contributed by atoms with van der Waals surface area (Å²) in [7, 11) is 2.91. The van der Waals surface area contributed by atoms with Crippen molar-refractivity contribution in [1.29, 1.82) is 0 Å². The molecule has 7 heteroatoms. The number of carbonyl (C=O) groups excluding carboxylic acids is 1. The topological polar surface area (TPSA) is 103 Å². The first kappa shape index (κ1) is 27.3. The van der Waals surface area contributed by atoms with Crippen molar-refractivity contribution >= 4 is 11.8 Å². The summed E-state index contributed by atoms with van der Waals surface area (Å²) in [5.41, 5.74) is 7.73. The molecule has 0 unspecified atom stereocenters. The maximum absolute atomic E-state index is 13.8. The highest BCUT2D eigenvalue weighted by atomic mass is 16.5. The van der Waals surface area contributed by atoms with E-state index in [2.05, 4.69) is 0 Å². The highest BCUT2D eigenvalue weighted by molar-refractivity contribution is 6.00. The van der Waals surface area contributed by atoms with E-state index in [1.54, 1.807) is 7.11 Å². The van der Waals surface area contributed by atoms with E-state index >= 15 is 0 Å². The van der Waals surface area contributed by atoms with Crippen LogP contribution in [0.25, 0.3) is 0 Å².